The summed E-state index contributed by atoms with van der Waals surface area (Å²) in [5.74, 6) is -0.0566. The molecule has 1 aromatic heterocycles. The summed E-state index contributed by atoms with van der Waals surface area (Å²) in [5, 5.41) is 2.80. The van der Waals surface area contributed by atoms with Gasteiger partial charge in [0.15, 0.2) is 0 Å². The fourth-order valence-electron chi connectivity index (χ4n) is 0.995. The van der Waals surface area contributed by atoms with Crippen molar-refractivity contribution in [3.63, 3.8) is 0 Å². The Bertz CT molecular complexity index is 301. The number of nitrogens with one attached hydrogen (secondary N) is 1. The van der Waals surface area contributed by atoms with Crippen molar-refractivity contribution >= 4 is 28.8 Å². The number of rotatable bonds is 5. The summed E-state index contributed by atoms with van der Waals surface area (Å²) in [7, 11) is 0. The molecule has 0 saturated heterocycles. The van der Waals surface area contributed by atoms with E-state index < -0.39 is 0 Å². The molecule has 0 unspecified atom stereocenters. The molecule has 0 aliphatic heterocycles. The van der Waals surface area contributed by atoms with E-state index in [1.165, 1.54) is 11.3 Å². The highest BCUT2D eigenvalue weighted by Crippen LogP contribution is 2.20. The average molecular weight is 233 g/mol. The molecule has 3 nitrogen and oxygen atoms in total. The maximum absolute atomic E-state index is 11.4. The van der Waals surface area contributed by atoms with Crippen LogP contribution >= 0.6 is 22.9 Å². The van der Waals surface area contributed by atoms with Gasteiger partial charge in [-0.05, 0) is 31.5 Å². The van der Waals surface area contributed by atoms with Crippen LogP contribution < -0.4 is 11.1 Å². The number of hydrogen-bond donors (Lipinski definition) is 2. The van der Waals surface area contributed by atoms with Crippen LogP contribution in [0.4, 0.5) is 0 Å². The van der Waals surface area contributed by atoms with Crippen molar-refractivity contribution in [2.45, 2.75) is 12.8 Å². The molecule has 0 radical (unpaired) electrons. The monoisotopic (exact) mass is 232 g/mol. The maximum Gasteiger partial charge on any atom is 0.261 e. The summed E-state index contributed by atoms with van der Waals surface area (Å²) < 4.78 is 0.636. The minimum Gasteiger partial charge on any atom is -0.351 e. The van der Waals surface area contributed by atoms with Crippen molar-refractivity contribution < 1.29 is 4.79 Å². The van der Waals surface area contributed by atoms with Gasteiger partial charge in [-0.15, -0.1) is 11.3 Å². The fourth-order valence-corrected chi connectivity index (χ4v) is 1.95. The van der Waals surface area contributed by atoms with Gasteiger partial charge in [-0.2, -0.15) is 0 Å². The molecule has 0 spiro atoms. The molecule has 0 aliphatic carbocycles. The van der Waals surface area contributed by atoms with E-state index in [1.807, 2.05) is 0 Å². The number of amides is 1. The Hall–Kier alpha value is -0.580. The molecule has 1 rings (SSSR count). The van der Waals surface area contributed by atoms with Crippen LogP contribution in [0.25, 0.3) is 0 Å². The highest BCUT2D eigenvalue weighted by molar-refractivity contribution is 7.17. The smallest absolute Gasteiger partial charge is 0.261 e. The molecule has 1 amide bonds. The maximum atomic E-state index is 11.4. The van der Waals surface area contributed by atoms with Crippen molar-refractivity contribution in [1.82, 2.24) is 5.32 Å². The van der Waals surface area contributed by atoms with Crippen LogP contribution in [0.5, 0.6) is 0 Å². The van der Waals surface area contributed by atoms with Gasteiger partial charge in [-0.3, -0.25) is 4.79 Å². The van der Waals surface area contributed by atoms with Gasteiger partial charge in [0.25, 0.3) is 5.91 Å². The number of halogens is 1. The quantitative estimate of drug-likeness (QED) is 0.762. The number of hydrogen-bond acceptors (Lipinski definition) is 3. The Morgan fingerprint density at radius 2 is 2.29 bits per heavy atom. The molecule has 0 fully saturated rings. The lowest BCUT2D eigenvalue weighted by atomic mass is 10.3. The molecule has 0 atom stereocenters. The van der Waals surface area contributed by atoms with Crippen LogP contribution in [0.1, 0.15) is 22.5 Å². The SMILES string of the molecule is NCCCCNC(=O)c1ccc(Cl)s1. The van der Waals surface area contributed by atoms with E-state index in [1.54, 1.807) is 12.1 Å². The molecule has 1 heterocycles. The molecule has 0 aromatic carbocycles. The van der Waals surface area contributed by atoms with Crippen molar-refractivity contribution in [3.05, 3.63) is 21.3 Å². The number of nitrogens with two attached hydrogens (primary N) is 1. The van der Waals surface area contributed by atoms with Gasteiger partial charge in [-0.25, -0.2) is 0 Å². The highest BCUT2D eigenvalue weighted by Gasteiger charge is 2.06. The van der Waals surface area contributed by atoms with Gasteiger partial charge >= 0.3 is 0 Å². The van der Waals surface area contributed by atoms with Gasteiger partial charge in [0.1, 0.15) is 0 Å². The average Bonchev–Trinajstić information content (AvgIpc) is 2.59. The number of unbranched alkanes of at least 4 members (excludes halogenated alkanes) is 1. The Morgan fingerprint density at radius 3 is 2.86 bits per heavy atom. The minimum absolute atomic E-state index is 0.0566. The first-order valence-corrected chi connectivity index (χ1v) is 5.67. The van der Waals surface area contributed by atoms with Crippen LogP contribution in [-0.4, -0.2) is 19.0 Å². The van der Waals surface area contributed by atoms with Crippen molar-refractivity contribution in [3.8, 4) is 0 Å². The predicted molar refractivity (Wildman–Crippen MR) is 60.0 cm³/mol. The molecular weight excluding hydrogens is 220 g/mol. The van der Waals surface area contributed by atoms with E-state index in [4.69, 9.17) is 17.3 Å². The van der Waals surface area contributed by atoms with E-state index in [-0.39, 0.29) is 5.91 Å². The molecule has 78 valence electrons. The number of carbonyl (C=O) groups excluding carboxylic acids is 1. The summed E-state index contributed by atoms with van der Waals surface area (Å²) in [4.78, 5) is 12.1. The molecule has 0 aliphatic rings. The minimum atomic E-state index is -0.0566. The molecule has 14 heavy (non-hydrogen) atoms. The first-order valence-electron chi connectivity index (χ1n) is 4.47. The lowest BCUT2D eigenvalue weighted by Crippen LogP contribution is -2.23. The van der Waals surface area contributed by atoms with Gasteiger partial charge < -0.3 is 11.1 Å². The Kier molecular flexibility index (Phi) is 4.93. The van der Waals surface area contributed by atoms with Crippen molar-refractivity contribution in [1.29, 1.82) is 0 Å². The zero-order valence-corrected chi connectivity index (χ0v) is 9.33. The van der Waals surface area contributed by atoms with E-state index in [9.17, 15) is 4.79 Å². The topological polar surface area (TPSA) is 55.1 Å². The van der Waals surface area contributed by atoms with Crippen LogP contribution in [0.3, 0.4) is 0 Å². The largest absolute Gasteiger partial charge is 0.351 e. The molecule has 5 heteroatoms. The van der Waals surface area contributed by atoms with Gasteiger partial charge in [0.05, 0.1) is 9.21 Å². The van der Waals surface area contributed by atoms with Crippen LogP contribution in [0.2, 0.25) is 4.34 Å². The van der Waals surface area contributed by atoms with Crippen LogP contribution in [0.15, 0.2) is 12.1 Å². The third-order valence-corrected chi connectivity index (χ3v) is 2.94. The first kappa shape index (κ1) is 11.5. The Balaban J connectivity index is 2.29. The zero-order valence-electron chi connectivity index (χ0n) is 7.75. The van der Waals surface area contributed by atoms with Gasteiger partial charge in [-0.1, -0.05) is 11.6 Å². The van der Waals surface area contributed by atoms with E-state index in [0.29, 0.717) is 22.3 Å². The number of thiophene rings is 1. The lowest BCUT2D eigenvalue weighted by molar-refractivity contribution is 0.0957. The third kappa shape index (κ3) is 3.65. The number of carbonyl (C=O) groups is 1. The summed E-state index contributed by atoms with van der Waals surface area (Å²) in [5.41, 5.74) is 5.33. The van der Waals surface area contributed by atoms with E-state index >= 15 is 0 Å². The zero-order chi connectivity index (χ0) is 10.4. The predicted octanol–water partition coefficient (Wildman–Crippen LogP) is 1.87. The second-order valence-electron chi connectivity index (χ2n) is 2.86. The molecule has 1 aromatic rings. The summed E-state index contributed by atoms with van der Waals surface area (Å²) >= 11 is 7.00. The fraction of sp³-hybridized carbons (Fsp3) is 0.444. The molecule has 0 bridgehead atoms. The molecule has 3 N–H and O–H groups in total. The Labute approximate surface area is 92.3 Å². The highest BCUT2D eigenvalue weighted by atomic mass is 35.5. The van der Waals surface area contributed by atoms with E-state index in [2.05, 4.69) is 5.32 Å². The van der Waals surface area contributed by atoms with Crippen molar-refractivity contribution in [2.24, 2.45) is 5.73 Å². The summed E-state index contributed by atoms with van der Waals surface area (Å²) in [6, 6.07) is 3.45. The van der Waals surface area contributed by atoms with Gasteiger partial charge in [0.2, 0.25) is 0 Å². The second-order valence-corrected chi connectivity index (χ2v) is 4.57. The van der Waals surface area contributed by atoms with Crippen molar-refractivity contribution in [2.75, 3.05) is 13.1 Å². The summed E-state index contributed by atoms with van der Waals surface area (Å²) in [6.07, 6.45) is 1.85. The molecular formula is C9H13ClN2OS. The summed E-state index contributed by atoms with van der Waals surface area (Å²) in [6.45, 7) is 1.34. The second kappa shape index (κ2) is 6.01. The van der Waals surface area contributed by atoms with Gasteiger partial charge in [0, 0.05) is 6.54 Å². The van der Waals surface area contributed by atoms with Crippen LogP contribution in [0, 0.1) is 0 Å². The first-order chi connectivity index (χ1) is 6.74. The molecule has 0 saturated carbocycles. The normalized spacial score (nSPS) is 10.1. The Morgan fingerprint density at radius 1 is 1.50 bits per heavy atom. The standard InChI is InChI=1S/C9H13ClN2OS/c10-8-4-3-7(14-8)9(13)12-6-2-1-5-11/h3-4H,1-2,5-6,11H2,(H,12,13). The van der Waals surface area contributed by atoms with E-state index in [0.717, 1.165) is 12.8 Å². The lowest BCUT2D eigenvalue weighted by Gasteiger charge is -2.01. The van der Waals surface area contributed by atoms with Crippen LogP contribution in [-0.2, 0) is 0 Å². The third-order valence-electron chi connectivity index (χ3n) is 1.71.